The van der Waals surface area contributed by atoms with E-state index in [1.165, 1.54) is 11.4 Å². The van der Waals surface area contributed by atoms with E-state index in [1.54, 1.807) is 7.11 Å². The van der Waals surface area contributed by atoms with Gasteiger partial charge < -0.3 is 10.1 Å². The monoisotopic (exact) mass is 340 g/mol. The number of ether oxygens (including phenoxy) is 1. The van der Waals surface area contributed by atoms with Crippen LogP contribution in [0.2, 0.25) is 0 Å². The zero-order valence-electron chi connectivity index (χ0n) is 11.9. The summed E-state index contributed by atoms with van der Waals surface area (Å²) in [6.45, 7) is 0.278. The molecule has 0 aliphatic heterocycles. The summed E-state index contributed by atoms with van der Waals surface area (Å²) in [6.07, 6.45) is -0.276. The van der Waals surface area contributed by atoms with Crippen molar-refractivity contribution in [2.24, 2.45) is 5.14 Å². The molecule has 2 aromatic rings. The van der Waals surface area contributed by atoms with E-state index in [1.807, 2.05) is 30.3 Å². The van der Waals surface area contributed by atoms with Crippen LogP contribution in [0.5, 0.6) is 0 Å². The minimum atomic E-state index is -3.78. The first-order chi connectivity index (χ1) is 10.4. The van der Waals surface area contributed by atoms with Crippen LogP contribution in [0.15, 0.2) is 46.0 Å². The van der Waals surface area contributed by atoms with E-state index in [2.05, 4.69) is 5.32 Å². The molecule has 1 aromatic carbocycles. The lowest BCUT2D eigenvalue weighted by molar-refractivity contribution is 0.0828. The topological polar surface area (TPSA) is 98.5 Å². The zero-order valence-corrected chi connectivity index (χ0v) is 13.5. The van der Waals surface area contributed by atoms with E-state index in [9.17, 15) is 13.2 Å². The lowest BCUT2D eigenvalue weighted by Crippen LogP contribution is -2.28. The first kappa shape index (κ1) is 16.6. The fourth-order valence-corrected chi connectivity index (χ4v) is 3.46. The summed E-state index contributed by atoms with van der Waals surface area (Å²) in [6, 6.07) is 10.8. The Labute approximate surface area is 133 Å². The first-order valence-corrected chi connectivity index (χ1v) is 8.81. The predicted molar refractivity (Wildman–Crippen MR) is 84.2 cm³/mol. The number of amides is 1. The summed E-state index contributed by atoms with van der Waals surface area (Å²) in [5.74, 6) is -0.371. The van der Waals surface area contributed by atoms with Crippen LogP contribution in [0.3, 0.4) is 0 Å². The molecule has 3 N–H and O–H groups in total. The van der Waals surface area contributed by atoms with Gasteiger partial charge in [0.25, 0.3) is 5.91 Å². The van der Waals surface area contributed by atoms with Crippen molar-refractivity contribution in [2.75, 3.05) is 13.7 Å². The standard InChI is InChI=1S/C14H16N2O4S2/c1-20-12(10-5-3-2-4-6-10)8-16-14(17)11-7-13(21-9-11)22(15,18)19/h2-7,9,12H,8H2,1H3,(H,16,17)(H2,15,18,19)/t12-/m0/s1. The van der Waals surface area contributed by atoms with Crippen molar-refractivity contribution in [3.8, 4) is 0 Å². The van der Waals surface area contributed by atoms with Gasteiger partial charge in [-0.15, -0.1) is 11.3 Å². The normalized spacial score (nSPS) is 12.8. The van der Waals surface area contributed by atoms with Gasteiger partial charge in [-0.05, 0) is 11.6 Å². The molecule has 1 atom stereocenters. The predicted octanol–water partition coefficient (Wildman–Crippen LogP) is 1.51. The summed E-state index contributed by atoms with van der Waals surface area (Å²) in [5, 5.41) is 9.20. The lowest BCUT2D eigenvalue weighted by Gasteiger charge is -2.16. The third-order valence-corrected chi connectivity index (χ3v) is 5.41. The van der Waals surface area contributed by atoms with Crippen LogP contribution in [-0.4, -0.2) is 28.0 Å². The Morgan fingerprint density at radius 2 is 2.05 bits per heavy atom. The number of hydrogen-bond donors (Lipinski definition) is 2. The molecule has 2 rings (SSSR count). The third-order valence-electron chi connectivity index (χ3n) is 3.02. The number of nitrogens with two attached hydrogens (primary N) is 1. The van der Waals surface area contributed by atoms with E-state index >= 15 is 0 Å². The Morgan fingerprint density at radius 1 is 1.36 bits per heavy atom. The summed E-state index contributed by atoms with van der Waals surface area (Å²) >= 11 is 0.916. The number of carbonyl (C=O) groups is 1. The highest BCUT2D eigenvalue weighted by atomic mass is 32.2. The van der Waals surface area contributed by atoms with Crippen LogP contribution in [0.4, 0.5) is 0 Å². The first-order valence-electron chi connectivity index (χ1n) is 6.39. The van der Waals surface area contributed by atoms with Crippen LogP contribution in [0.25, 0.3) is 0 Å². The maximum Gasteiger partial charge on any atom is 0.252 e. The molecule has 1 amide bonds. The van der Waals surface area contributed by atoms with Crippen molar-refractivity contribution in [1.82, 2.24) is 5.32 Å². The molecule has 22 heavy (non-hydrogen) atoms. The fraction of sp³-hybridized carbons (Fsp3) is 0.214. The minimum Gasteiger partial charge on any atom is -0.375 e. The van der Waals surface area contributed by atoms with Gasteiger partial charge in [-0.1, -0.05) is 30.3 Å². The Hall–Kier alpha value is -1.74. The fourth-order valence-electron chi connectivity index (χ4n) is 1.88. The van der Waals surface area contributed by atoms with Crippen molar-refractivity contribution in [3.05, 3.63) is 52.9 Å². The highest BCUT2D eigenvalue weighted by Crippen LogP contribution is 2.19. The van der Waals surface area contributed by atoms with E-state index in [0.717, 1.165) is 16.9 Å². The van der Waals surface area contributed by atoms with E-state index in [0.29, 0.717) is 0 Å². The molecule has 1 heterocycles. The van der Waals surface area contributed by atoms with E-state index < -0.39 is 10.0 Å². The van der Waals surface area contributed by atoms with Crippen LogP contribution >= 0.6 is 11.3 Å². The number of hydrogen-bond acceptors (Lipinski definition) is 5. The number of sulfonamides is 1. The van der Waals surface area contributed by atoms with Gasteiger partial charge in [0.1, 0.15) is 4.21 Å². The quantitative estimate of drug-likeness (QED) is 0.833. The second kappa shape index (κ2) is 7.01. The molecule has 0 fully saturated rings. The second-order valence-corrected chi connectivity index (χ2v) is 7.24. The molecule has 0 aliphatic carbocycles. The van der Waals surface area contributed by atoms with Crippen LogP contribution in [-0.2, 0) is 14.8 Å². The smallest absolute Gasteiger partial charge is 0.252 e. The van der Waals surface area contributed by atoms with Crippen LogP contribution in [0, 0.1) is 0 Å². The summed E-state index contributed by atoms with van der Waals surface area (Å²) in [7, 11) is -2.22. The Bertz CT molecular complexity index is 741. The third kappa shape index (κ3) is 4.14. The zero-order chi connectivity index (χ0) is 16.2. The van der Waals surface area contributed by atoms with Crippen molar-refractivity contribution in [1.29, 1.82) is 0 Å². The van der Waals surface area contributed by atoms with Gasteiger partial charge in [0.2, 0.25) is 10.0 Å². The summed E-state index contributed by atoms with van der Waals surface area (Å²) in [5.41, 5.74) is 1.21. The van der Waals surface area contributed by atoms with Gasteiger partial charge in [0.15, 0.2) is 0 Å². The van der Waals surface area contributed by atoms with Gasteiger partial charge in [-0.2, -0.15) is 0 Å². The number of nitrogens with one attached hydrogen (secondary N) is 1. The molecular formula is C14H16N2O4S2. The molecule has 0 saturated carbocycles. The SMILES string of the molecule is CO[C@@H](CNC(=O)c1csc(S(N)(=O)=O)c1)c1ccccc1. The molecule has 0 aliphatic rings. The molecular weight excluding hydrogens is 324 g/mol. The van der Waals surface area contributed by atoms with Crippen molar-refractivity contribution >= 4 is 27.3 Å². The molecule has 0 bridgehead atoms. The number of rotatable bonds is 6. The van der Waals surface area contributed by atoms with Gasteiger partial charge in [0, 0.05) is 19.0 Å². The number of thiophene rings is 1. The molecule has 118 valence electrons. The average molecular weight is 340 g/mol. The number of carbonyl (C=O) groups excluding carboxylic acids is 1. The minimum absolute atomic E-state index is 0.0380. The van der Waals surface area contributed by atoms with E-state index in [4.69, 9.17) is 9.88 Å². The Balaban J connectivity index is 2.01. The molecule has 1 aromatic heterocycles. The van der Waals surface area contributed by atoms with Gasteiger partial charge in [-0.3, -0.25) is 4.79 Å². The van der Waals surface area contributed by atoms with Crippen molar-refractivity contribution < 1.29 is 17.9 Å². The number of benzene rings is 1. The Morgan fingerprint density at radius 3 is 2.59 bits per heavy atom. The molecule has 0 radical (unpaired) electrons. The Kier molecular flexibility index (Phi) is 5.30. The van der Waals surface area contributed by atoms with Crippen molar-refractivity contribution in [3.63, 3.8) is 0 Å². The maximum atomic E-state index is 12.0. The molecule has 0 spiro atoms. The van der Waals surface area contributed by atoms with Crippen LogP contribution < -0.4 is 10.5 Å². The van der Waals surface area contributed by atoms with Crippen molar-refractivity contribution in [2.45, 2.75) is 10.3 Å². The number of primary sulfonamides is 1. The average Bonchev–Trinajstić information content (AvgIpc) is 2.99. The number of methoxy groups -OCH3 is 1. The van der Waals surface area contributed by atoms with Gasteiger partial charge in [0.05, 0.1) is 11.7 Å². The van der Waals surface area contributed by atoms with E-state index in [-0.39, 0.29) is 28.3 Å². The summed E-state index contributed by atoms with van der Waals surface area (Å²) in [4.78, 5) is 12.0. The highest BCUT2D eigenvalue weighted by molar-refractivity contribution is 7.91. The molecule has 0 saturated heterocycles. The second-order valence-electron chi connectivity index (χ2n) is 4.54. The largest absolute Gasteiger partial charge is 0.375 e. The van der Waals surface area contributed by atoms with Gasteiger partial charge in [-0.25, -0.2) is 13.6 Å². The summed E-state index contributed by atoms with van der Waals surface area (Å²) < 4.78 is 27.7. The maximum absolute atomic E-state index is 12.0. The van der Waals surface area contributed by atoms with Crippen LogP contribution in [0.1, 0.15) is 22.0 Å². The lowest BCUT2D eigenvalue weighted by atomic mass is 10.1. The molecule has 6 nitrogen and oxygen atoms in total. The molecule has 0 unspecified atom stereocenters. The molecule has 8 heteroatoms. The highest BCUT2D eigenvalue weighted by Gasteiger charge is 2.17. The van der Waals surface area contributed by atoms with Gasteiger partial charge >= 0.3 is 0 Å².